The second-order valence-electron chi connectivity index (χ2n) is 10.5. The topological polar surface area (TPSA) is 125 Å². The number of carbonyl (C=O) groups excluding carboxylic acids is 3. The molecule has 40 heavy (non-hydrogen) atoms. The SMILES string of the molecule is CC(=O)N[C@@H](Cc1cccc2ccccc12)NC(=O)[C@@H](Cc1csc2ccccc12)NC(=O)C1(N)CCNCC1. The smallest absolute Gasteiger partial charge is 0.244 e. The van der Waals surface area contributed by atoms with Crippen LogP contribution in [0.4, 0.5) is 0 Å². The molecule has 0 radical (unpaired) electrons. The Morgan fingerprint density at radius 2 is 1.57 bits per heavy atom. The molecule has 1 aliphatic heterocycles. The van der Waals surface area contributed by atoms with Gasteiger partial charge in [-0.05, 0) is 64.7 Å². The van der Waals surface area contributed by atoms with Gasteiger partial charge in [-0.15, -0.1) is 11.3 Å². The number of hydrogen-bond acceptors (Lipinski definition) is 6. The van der Waals surface area contributed by atoms with E-state index in [-0.39, 0.29) is 17.7 Å². The number of thiophene rings is 1. The highest BCUT2D eigenvalue weighted by molar-refractivity contribution is 7.17. The Labute approximate surface area is 237 Å². The molecule has 0 unspecified atom stereocenters. The average Bonchev–Trinajstić information content (AvgIpc) is 3.35. The van der Waals surface area contributed by atoms with Crippen molar-refractivity contribution in [3.63, 3.8) is 0 Å². The molecule has 0 aliphatic carbocycles. The minimum atomic E-state index is -1.04. The summed E-state index contributed by atoms with van der Waals surface area (Å²) < 4.78 is 1.11. The highest BCUT2D eigenvalue weighted by Crippen LogP contribution is 2.27. The zero-order valence-electron chi connectivity index (χ0n) is 22.5. The van der Waals surface area contributed by atoms with Gasteiger partial charge in [0.15, 0.2) is 0 Å². The number of rotatable bonds is 9. The molecule has 3 aromatic carbocycles. The van der Waals surface area contributed by atoms with Crippen LogP contribution in [-0.4, -0.2) is 48.6 Å². The monoisotopic (exact) mass is 557 g/mol. The van der Waals surface area contributed by atoms with Crippen LogP contribution in [0, 0.1) is 0 Å². The number of piperidine rings is 1. The molecule has 6 N–H and O–H groups in total. The number of nitrogens with two attached hydrogens (primary N) is 1. The van der Waals surface area contributed by atoms with Gasteiger partial charge >= 0.3 is 0 Å². The van der Waals surface area contributed by atoms with Gasteiger partial charge in [0.05, 0.1) is 5.54 Å². The van der Waals surface area contributed by atoms with Crippen molar-refractivity contribution < 1.29 is 14.4 Å². The second-order valence-corrected chi connectivity index (χ2v) is 11.4. The molecule has 3 amide bonds. The first-order chi connectivity index (χ1) is 19.3. The molecular formula is C31H35N5O3S. The third-order valence-corrected chi connectivity index (χ3v) is 8.57. The van der Waals surface area contributed by atoms with Crippen molar-refractivity contribution in [1.29, 1.82) is 0 Å². The summed E-state index contributed by atoms with van der Waals surface area (Å²) in [6.07, 6.45) is 1.01. The number of amides is 3. The summed E-state index contributed by atoms with van der Waals surface area (Å²) in [4.78, 5) is 39.4. The minimum Gasteiger partial charge on any atom is -0.342 e. The maximum atomic E-state index is 13.8. The summed E-state index contributed by atoms with van der Waals surface area (Å²) in [6, 6.07) is 21.1. The Hall–Kier alpha value is -3.79. The van der Waals surface area contributed by atoms with Crippen molar-refractivity contribution in [2.75, 3.05) is 13.1 Å². The van der Waals surface area contributed by atoms with Gasteiger partial charge in [-0.1, -0.05) is 60.7 Å². The fraction of sp³-hybridized carbons (Fsp3) is 0.323. The molecule has 208 valence electrons. The molecule has 2 atom stereocenters. The summed E-state index contributed by atoms with van der Waals surface area (Å²) in [6.45, 7) is 2.71. The standard InChI is InChI=1S/C31H35N5O3S/c1-20(37)34-28(18-22-9-6-8-21-7-2-3-10-24(21)22)36-29(38)26(35-30(39)31(32)13-15-33-16-14-31)17-23-19-40-27-12-5-4-11-25(23)27/h2-12,19,26,28,33H,13-18,32H2,1H3,(H,34,37)(H,35,39)(H,36,38)/t26-,28-/m1/s1. The molecule has 8 nitrogen and oxygen atoms in total. The van der Waals surface area contributed by atoms with E-state index in [1.807, 2.05) is 72.1 Å². The van der Waals surface area contributed by atoms with E-state index in [1.165, 1.54) is 6.92 Å². The molecule has 1 aliphatic rings. The van der Waals surface area contributed by atoms with Crippen LogP contribution in [0.15, 0.2) is 72.1 Å². The van der Waals surface area contributed by atoms with Crippen molar-refractivity contribution in [3.8, 4) is 0 Å². The molecule has 0 bridgehead atoms. The summed E-state index contributed by atoms with van der Waals surface area (Å²) in [5, 5.41) is 17.3. The summed E-state index contributed by atoms with van der Waals surface area (Å²) in [5.41, 5.74) is 7.43. The third kappa shape index (κ3) is 6.33. The van der Waals surface area contributed by atoms with Gasteiger partial charge in [0.2, 0.25) is 17.7 Å². The number of benzene rings is 3. The molecule has 2 heterocycles. The van der Waals surface area contributed by atoms with E-state index in [0.29, 0.717) is 38.8 Å². The van der Waals surface area contributed by atoms with E-state index in [4.69, 9.17) is 5.73 Å². The van der Waals surface area contributed by atoms with Crippen molar-refractivity contribution in [2.45, 2.75) is 50.4 Å². The maximum absolute atomic E-state index is 13.8. The zero-order valence-corrected chi connectivity index (χ0v) is 23.4. The Morgan fingerprint density at radius 1 is 0.875 bits per heavy atom. The van der Waals surface area contributed by atoms with Crippen LogP contribution in [0.2, 0.25) is 0 Å². The second kappa shape index (κ2) is 12.2. The lowest BCUT2D eigenvalue weighted by Crippen LogP contribution is -2.63. The van der Waals surface area contributed by atoms with E-state index in [0.717, 1.165) is 32.0 Å². The Kier molecular flexibility index (Phi) is 8.44. The van der Waals surface area contributed by atoms with Crippen molar-refractivity contribution >= 4 is 49.9 Å². The van der Waals surface area contributed by atoms with E-state index < -0.39 is 17.7 Å². The molecule has 0 saturated carbocycles. The molecule has 4 aromatic rings. The zero-order chi connectivity index (χ0) is 28.1. The molecular weight excluding hydrogens is 522 g/mol. The van der Waals surface area contributed by atoms with Crippen molar-refractivity contribution in [1.82, 2.24) is 21.3 Å². The van der Waals surface area contributed by atoms with E-state index >= 15 is 0 Å². The van der Waals surface area contributed by atoms with Gasteiger partial charge in [-0.2, -0.15) is 0 Å². The summed E-state index contributed by atoms with van der Waals surface area (Å²) >= 11 is 1.60. The molecule has 0 spiro atoms. The number of fused-ring (bicyclic) bond motifs is 2. The van der Waals surface area contributed by atoms with E-state index in [2.05, 4.69) is 21.3 Å². The maximum Gasteiger partial charge on any atom is 0.244 e. The Morgan fingerprint density at radius 3 is 2.35 bits per heavy atom. The highest BCUT2D eigenvalue weighted by atomic mass is 32.1. The van der Waals surface area contributed by atoms with Crippen LogP contribution >= 0.6 is 11.3 Å². The first kappa shape index (κ1) is 27.8. The quantitative estimate of drug-likeness (QED) is 0.202. The molecule has 9 heteroatoms. The van der Waals surface area contributed by atoms with Crippen LogP contribution in [0.1, 0.15) is 30.9 Å². The van der Waals surface area contributed by atoms with Gasteiger partial charge in [0.25, 0.3) is 0 Å². The highest BCUT2D eigenvalue weighted by Gasteiger charge is 2.38. The van der Waals surface area contributed by atoms with Gasteiger partial charge in [-0.25, -0.2) is 0 Å². The number of hydrogen-bond donors (Lipinski definition) is 5. The third-order valence-electron chi connectivity index (χ3n) is 7.55. The minimum absolute atomic E-state index is 0.259. The van der Waals surface area contributed by atoms with Gasteiger partial charge in [0, 0.05) is 24.5 Å². The molecule has 1 fully saturated rings. The molecule has 1 aromatic heterocycles. The fourth-order valence-electron chi connectivity index (χ4n) is 5.37. The van der Waals surface area contributed by atoms with Crippen molar-refractivity contribution in [3.05, 3.63) is 83.2 Å². The first-order valence-corrected chi connectivity index (χ1v) is 14.5. The van der Waals surface area contributed by atoms with Crippen molar-refractivity contribution in [2.24, 2.45) is 5.73 Å². The van der Waals surface area contributed by atoms with E-state index in [1.54, 1.807) is 11.3 Å². The van der Waals surface area contributed by atoms with Crippen LogP contribution in [-0.2, 0) is 27.2 Å². The van der Waals surface area contributed by atoms with E-state index in [9.17, 15) is 14.4 Å². The fourth-order valence-corrected chi connectivity index (χ4v) is 6.34. The number of nitrogens with one attached hydrogen (secondary N) is 4. The van der Waals surface area contributed by atoms with Crippen LogP contribution < -0.4 is 27.0 Å². The summed E-state index contributed by atoms with van der Waals surface area (Å²) in [7, 11) is 0. The lowest BCUT2D eigenvalue weighted by atomic mass is 9.88. The predicted octanol–water partition coefficient (Wildman–Crippen LogP) is 2.98. The normalized spacial score (nSPS) is 16.2. The molecule has 5 rings (SSSR count). The Bertz CT molecular complexity index is 1520. The summed E-state index contributed by atoms with van der Waals surface area (Å²) in [5.74, 6) is -0.968. The molecule has 1 saturated heterocycles. The van der Waals surface area contributed by atoms with Gasteiger partial charge in [0.1, 0.15) is 12.2 Å². The Balaban J connectivity index is 1.40. The largest absolute Gasteiger partial charge is 0.342 e. The van der Waals surface area contributed by atoms with Gasteiger partial charge < -0.3 is 27.0 Å². The predicted molar refractivity (Wildman–Crippen MR) is 160 cm³/mol. The van der Waals surface area contributed by atoms with Crippen LogP contribution in [0.25, 0.3) is 20.9 Å². The van der Waals surface area contributed by atoms with Crippen LogP contribution in [0.5, 0.6) is 0 Å². The average molecular weight is 558 g/mol. The lowest BCUT2D eigenvalue weighted by Gasteiger charge is -2.34. The number of carbonyl (C=O) groups is 3. The van der Waals surface area contributed by atoms with Gasteiger partial charge in [-0.3, -0.25) is 14.4 Å². The van der Waals surface area contributed by atoms with Crippen LogP contribution in [0.3, 0.4) is 0 Å². The lowest BCUT2D eigenvalue weighted by molar-refractivity contribution is -0.133. The first-order valence-electron chi connectivity index (χ1n) is 13.6.